The van der Waals surface area contributed by atoms with Crippen molar-refractivity contribution in [3.05, 3.63) is 28.2 Å². The van der Waals surface area contributed by atoms with Gasteiger partial charge in [0.25, 0.3) is 5.91 Å². The molecule has 8 heteroatoms. The lowest BCUT2D eigenvalue weighted by atomic mass is 10.3. The molecule has 0 bridgehead atoms. The van der Waals surface area contributed by atoms with E-state index in [0.29, 0.717) is 19.0 Å². The highest BCUT2D eigenvalue weighted by Crippen LogP contribution is 2.07. The first kappa shape index (κ1) is 14.8. The van der Waals surface area contributed by atoms with Gasteiger partial charge in [-0.3, -0.25) is 10.1 Å². The summed E-state index contributed by atoms with van der Waals surface area (Å²) >= 11 is 1.52. The Hall–Kier alpha value is -2.22. The minimum absolute atomic E-state index is 0.338. The molecule has 0 saturated carbocycles. The number of carboxylic acids is 1. The van der Waals surface area contributed by atoms with Gasteiger partial charge in [0.2, 0.25) is 0 Å². The number of aromatic nitrogens is 1. The summed E-state index contributed by atoms with van der Waals surface area (Å²) in [5.74, 6) is -2.04. The molecule has 0 aliphatic carbocycles. The summed E-state index contributed by atoms with van der Waals surface area (Å²) in [6, 6.07) is -0.674. The van der Waals surface area contributed by atoms with E-state index in [1.165, 1.54) is 11.3 Å². The van der Waals surface area contributed by atoms with Crippen LogP contribution in [0.4, 0.5) is 4.79 Å². The van der Waals surface area contributed by atoms with Crippen LogP contribution in [0.1, 0.15) is 10.7 Å². The normalized spacial score (nSPS) is 10.4. The molecule has 1 heterocycles. The summed E-state index contributed by atoms with van der Waals surface area (Å²) in [7, 11) is 0. The standard InChI is InChI=1S/C11H13N3O4S/c1-7-13-8(6-19-7)4-5-12-11(18)14-9(15)2-3-10(16)17/h2-3,6H,4-5H2,1H3,(H,16,17)(H2,12,14,15,18)/b3-2+. The van der Waals surface area contributed by atoms with Crippen molar-refractivity contribution in [3.63, 3.8) is 0 Å². The minimum Gasteiger partial charge on any atom is -0.478 e. The molecule has 0 radical (unpaired) electrons. The maximum absolute atomic E-state index is 11.3. The van der Waals surface area contributed by atoms with Gasteiger partial charge >= 0.3 is 12.0 Å². The lowest BCUT2D eigenvalue weighted by Gasteiger charge is -2.03. The number of nitrogens with one attached hydrogen (secondary N) is 2. The lowest BCUT2D eigenvalue weighted by Crippen LogP contribution is -2.39. The molecule has 3 N–H and O–H groups in total. The number of carbonyl (C=O) groups excluding carboxylic acids is 2. The topological polar surface area (TPSA) is 108 Å². The molecule has 1 rings (SSSR count). The van der Waals surface area contributed by atoms with Gasteiger partial charge in [-0.2, -0.15) is 0 Å². The second kappa shape index (κ2) is 7.27. The highest BCUT2D eigenvalue weighted by Gasteiger charge is 2.05. The van der Waals surface area contributed by atoms with Gasteiger partial charge in [0, 0.05) is 30.5 Å². The number of hydrogen-bond donors (Lipinski definition) is 3. The minimum atomic E-state index is -1.26. The quantitative estimate of drug-likeness (QED) is 0.680. The molecule has 0 spiro atoms. The highest BCUT2D eigenvalue weighted by molar-refractivity contribution is 7.09. The van der Waals surface area contributed by atoms with Crippen molar-refractivity contribution in [2.75, 3.05) is 6.54 Å². The molecule has 102 valence electrons. The molecule has 1 aromatic heterocycles. The highest BCUT2D eigenvalue weighted by atomic mass is 32.1. The third-order valence-electron chi connectivity index (χ3n) is 1.95. The van der Waals surface area contributed by atoms with Gasteiger partial charge in [-0.1, -0.05) is 0 Å². The molecule has 0 unspecified atom stereocenters. The Balaban J connectivity index is 2.24. The number of amides is 3. The van der Waals surface area contributed by atoms with Gasteiger partial charge in [-0.05, 0) is 6.92 Å². The summed E-state index contributed by atoms with van der Waals surface area (Å²) in [6.07, 6.45) is 1.99. The SMILES string of the molecule is Cc1nc(CCNC(=O)NC(=O)/C=C/C(=O)O)cs1. The molecule has 0 atom stereocenters. The summed E-state index contributed by atoms with van der Waals surface area (Å²) in [4.78, 5) is 36.7. The number of carbonyl (C=O) groups is 3. The van der Waals surface area contributed by atoms with Gasteiger partial charge in [0.05, 0.1) is 10.7 Å². The second-order valence-electron chi connectivity index (χ2n) is 3.52. The van der Waals surface area contributed by atoms with Crippen LogP contribution < -0.4 is 10.6 Å². The first-order chi connectivity index (χ1) is 8.97. The molecule has 0 fully saturated rings. The lowest BCUT2D eigenvalue weighted by molar-refractivity contribution is -0.131. The molecule has 19 heavy (non-hydrogen) atoms. The van der Waals surface area contributed by atoms with Gasteiger partial charge in [-0.15, -0.1) is 11.3 Å². The molecule has 0 saturated heterocycles. The van der Waals surface area contributed by atoms with Crippen LogP contribution in [0.2, 0.25) is 0 Å². The molecule has 7 nitrogen and oxygen atoms in total. The van der Waals surface area contributed by atoms with Gasteiger partial charge in [-0.25, -0.2) is 14.6 Å². The number of rotatable bonds is 5. The van der Waals surface area contributed by atoms with E-state index >= 15 is 0 Å². The first-order valence-corrected chi connectivity index (χ1v) is 6.26. The largest absolute Gasteiger partial charge is 0.478 e. The number of hydrogen-bond acceptors (Lipinski definition) is 5. The Morgan fingerprint density at radius 2 is 2.16 bits per heavy atom. The summed E-state index contributed by atoms with van der Waals surface area (Å²) in [5, 5.41) is 15.6. The van der Waals surface area contributed by atoms with E-state index < -0.39 is 17.9 Å². The van der Waals surface area contributed by atoms with E-state index in [0.717, 1.165) is 16.8 Å². The van der Waals surface area contributed by atoms with E-state index in [-0.39, 0.29) is 0 Å². The Morgan fingerprint density at radius 3 is 2.74 bits per heavy atom. The van der Waals surface area contributed by atoms with E-state index in [2.05, 4.69) is 10.3 Å². The number of nitrogens with zero attached hydrogens (tertiary/aromatic N) is 1. The molecular formula is C11H13N3O4S. The monoisotopic (exact) mass is 283 g/mol. The van der Waals surface area contributed by atoms with Gasteiger partial charge in [0.1, 0.15) is 0 Å². The average Bonchev–Trinajstić information content (AvgIpc) is 2.72. The number of aliphatic carboxylic acids is 1. The zero-order chi connectivity index (χ0) is 14.3. The number of thiazole rings is 1. The van der Waals surface area contributed by atoms with Gasteiger partial charge < -0.3 is 10.4 Å². The number of carboxylic acid groups (broad SMARTS) is 1. The third-order valence-corrected chi connectivity index (χ3v) is 2.77. The van der Waals surface area contributed by atoms with Crippen LogP contribution in [-0.4, -0.2) is 34.5 Å². The average molecular weight is 283 g/mol. The van der Waals surface area contributed by atoms with E-state index in [9.17, 15) is 14.4 Å². The third kappa shape index (κ3) is 6.32. The molecule has 3 amide bonds. The Bertz CT molecular complexity index is 510. The molecular weight excluding hydrogens is 270 g/mol. The number of aryl methyl sites for hydroxylation is 1. The van der Waals surface area contributed by atoms with Gasteiger partial charge in [0.15, 0.2) is 0 Å². The van der Waals surface area contributed by atoms with Crippen molar-refractivity contribution in [1.82, 2.24) is 15.6 Å². The number of urea groups is 1. The maximum atomic E-state index is 11.3. The van der Waals surface area contributed by atoms with Crippen molar-refractivity contribution in [1.29, 1.82) is 0 Å². The van der Waals surface area contributed by atoms with Crippen LogP contribution in [-0.2, 0) is 16.0 Å². The van der Waals surface area contributed by atoms with Crippen molar-refractivity contribution in [2.45, 2.75) is 13.3 Å². The first-order valence-electron chi connectivity index (χ1n) is 5.38. The smallest absolute Gasteiger partial charge is 0.328 e. The predicted molar refractivity (Wildman–Crippen MR) is 68.9 cm³/mol. The Morgan fingerprint density at radius 1 is 1.42 bits per heavy atom. The maximum Gasteiger partial charge on any atom is 0.328 e. The fourth-order valence-electron chi connectivity index (χ4n) is 1.17. The van der Waals surface area contributed by atoms with Crippen molar-refractivity contribution in [2.24, 2.45) is 0 Å². The van der Waals surface area contributed by atoms with Crippen LogP contribution in [0, 0.1) is 6.92 Å². The predicted octanol–water partition coefficient (Wildman–Crippen LogP) is 0.461. The molecule has 1 aromatic rings. The summed E-state index contributed by atoms with van der Waals surface area (Å²) < 4.78 is 0. The molecule has 0 aromatic carbocycles. The Kier molecular flexibility index (Phi) is 5.68. The Labute approximate surface area is 113 Å². The summed E-state index contributed by atoms with van der Waals surface area (Å²) in [5.41, 5.74) is 0.875. The van der Waals surface area contributed by atoms with Crippen LogP contribution in [0.5, 0.6) is 0 Å². The zero-order valence-electron chi connectivity index (χ0n) is 10.2. The molecule has 0 aliphatic heterocycles. The van der Waals surface area contributed by atoms with E-state index in [1.54, 1.807) is 0 Å². The zero-order valence-corrected chi connectivity index (χ0v) is 11.0. The summed E-state index contributed by atoms with van der Waals surface area (Å²) in [6.45, 7) is 2.23. The second-order valence-corrected chi connectivity index (χ2v) is 4.59. The van der Waals surface area contributed by atoms with Crippen LogP contribution >= 0.6 is 11.3 Å². The fourth-order valence-corrected chi connectivity index (χ4v) is 1.82. The van der Waals surface area contributed by atoms with Crippen LogP contribution in [0.15, 0.2) is 17.5 Å². The van der Waals surface area contributed by atoms with Crippen molar-refractivity contribution in [3.8, 4) is 0 Å². The number of imide groups is 1. The van der Waals surface area contributed by atoms with Crippen LogP contribution in [0.25, 0.3) is 0 Å². The van der Waals surface area contributed by atoms with Crippen LogP contribution in [0.3, 0.4) is 0 Å². The van der Waals surface area contributed by atoms with E-state index in [1.807, 2.05) is 17.6 Å². The van der Waals surface area contributed by atoms with E-state index in [4.69, 9.17) is 5.11 Å². The fraction of sp³-hybridized carbons (Fsp3) is 0.273. The molecule has 0 aliphatic rings. The van der Waals surface area contributed by atoms with Crippen molar-refractivity contribution >= 4 is 29.2 Å². The van der Waals surface area contributed by atoms with Crippen molar-refractivity contribution < 1.29 is 19.5 Å².